The van der Waals surface area contributed by atoms with E-state index in [4.69, 9.17) is 10.2 Å². The van der Waals surface area contributed by atoms with Crippen LogP contribution in [0.4, 0.5) is 10.1 Å². The van der Waals surface area contributed by atoms with E-state index in [2.05, 4.69) is 10.6 Å². The zero-order valence-electron chi connectivity index (χ0n) is 22.9. The summed E-state index contributed by atoms with van der Waals surface area (Å²) in [5.41, 5.74) is 9.98. The van der Waals surface area contributed by atoms with Gasteiger partial charge in [-0.05, 0) is 59.9 Å². The maximum Gasteiger partial charge on any atom is 0.252 e. The Morgan fingerprint density at radius 2 is 1.67 bits per heavy atom. The van der Waals surface area contributed by atoms with E-state index in [0.29, 0.717) is 39.1 Å². The standard InChI is InChI=1S/C34H28FN3O4/c1-20(39)37-28-19-29-27(31(32(36)40)30(42-29)16-21-10-12-25(35)13-11-21)18-26(28)22-6-5-7-23(17-22)33(41)38-34(14-15-34)24-8-3-2-4-9-24/h2-13,17-19H,14-16H2,1H3,(H2,36,40)(H,37,39)(H,38,41). The van der Waals surface area contributed by atoms with Gasteiger partial charge >= 0.3 is 0 Å². The Hall–Kier alpha value is -5.24. The van der Waals surface area contributed by atoms with Gasteiger partial charge in [0.15, 0.2) is 0 Å². The number of furan rings is 1. The van der Waals surface area contributed by atoms with Crippen LogP contribution in [0, 0.1) is 5.82 Å². The van der Waals surface area contributed by atoms with Crippen molar-refractivity contribution in [2.75, 3.05) is 5.32 Å². The van der Waals surface area contributed by atoms with Gasteiger partial charge in [0.1, 0.15) is 17.2 Å². The van der Waals surface area contributed by atoms with Crippen molar-refractivity contribution in [2.24, 2.45) is 5.73 Å². The average Bonchev–Trinajstić information content (AvgIpc) is 3.67. The fourth-order valence-electron chi connectivity index (χ4n) is 5.39. The van der Waals surface area contributed by atoms with Crippen molar-refractivity contribution in [1.82, 2.24) is 5.32 Å². The molecule has 5 aromatic rings. The molecule has 8 heteroatoms. The summed E-state index contributed by atoms with van der Waals surface area (Å²) in [6, 6.07) is 26.3. The first-order valence-electron chi connectivity index (χ1n) is 13.6. The Morgan fingerprint density at radius 1 is 0.929 bits per heavy atom. The van der Waals surface area contributed by atoms with Gasteiger partial charge in [0.2, 0.25) is 5.91 Å². The van der Waals surface area contributed by atoms with E-state index in [-0.39, 0.29) is 35.2 Å². The molecule has 0 spiro atoms. The minimum absolute atomic E-state index is 0.205. The highest BCUT2D eigenvalue weighted by Crippen LogP contribution is 2.45. The summed E-state index contributed by atoms with van der Waals surface area (Å²) < 4.78 is 19.5. The smallest absolute Gasteiger partial charge is 0.252 e. The zero-order valence-corrected chi connectivity index (χ0v) is 22.9. The molecule has 6 rings (SSSR count). The normalized spacial score (nSPS) is 13.5. The number of carbonyl (C=O) groups is 3. The first-order chi connectivity index (χ1) is 20.2. The number of rotatable bonds is 8. The number of anilines is 1. The molecule has 210 valence electrons. The van der Waals surface area contributed by atoms with Crippen LogP contribution in [0.25, 0.3) is 22.1 Å². The fourth-order valence-corrected chi connectivity index (χ4v) is 5.39. The first kappa shape index (κ1) is 27.0. The van der Waals surface area contributed by atoms with Crippen LogP contribution >= 0.6 is 0 Å². The molecule has 4 N–H and O–H groups in total. The van der Waals surface area contributed by atoms with Crippen LogP contribution in [-0.2, 0) is 16.8 Å². The Labute approximate surface area is 241 Å². The molecule has 42 heavy (non-hydrogen) atoms. The summed E-state index contributed by atoms with van der Waals surface area (Å²) in [6.07, 6.45) is 1.95. The van der Waals surface area contributed by atoms with Gasteiger partial charge in [-0.2, -0.15) is 0 Å². The highest BCUT2D eigenvalue weighted by Gasteiger charge is 2.45. The van der Waals surface area contributed by atoms with Crippen molar-refractivity contribution in [2.45, 2.75) is 31.7 Å². The highest BCUT2D eigenvalue weighted by atomic mass is 19.1. The summed E-state index contributed by atoms with van der Waals surface area (Å²) in [7, 11) is 0. The number of carbonyl (C=O) groups excluding carboxylic acids is 3. The van der Waals surface area contributed by atoms with Crippen molar-refractivity contribution >= 4 is 34.4 Å². The molecule has 7 nitrogen and oxygen atoms in total. The van der Waals surface area contributed by atoms with Gasteiger partial charge in [-0.25, -0.2) is 4.39 Å². The van der Waals surface area contributed by atoms with Crippen molar-refractivity contribution in [3.8, 4) is 11.1 Å². The monoisotopic (exact) mass is 561 g/mol. The van der Waals surface area contributed by atoms with Gasteiger partial charge in [0.25, 0.3) is 11.8 Å². The highest BCUT2D eigenvalue weighted by molar-refractivity contribution is 6.10. The second-order valence-electron chi connectivity index (χ2n) is 10.6. The molecule has 3 amide bonds. The molecule has 1 aromatic heterocycles. The van der Waals surface area contributed by atoms with Crippen LogP contribution in [0.15, 0.2) is 95.4 Å². The van der Waals surface area contributed by atoms with Crippen LogP contribution in [0.1, 0.15) is 57.4 Å². The van der Waals surface area contributed by atoms with E-state index < -0.39 is 5.91 Å². The third-order valence-electron chi connectivity index (χ3n) is 7.60. The summed E-state index contributed by atoms with van der Waals surface area (Å²) in [6.45, 7) is 1.40. The third kappa shape index (κ3) is 5.26. The Bertz CT molecular complexity index is 1840. The van der Waals surface area contributed by atoms with Crippen molar-refractivity contribution in [3.05, 3.63) is 125 Å². The van der Waals surface area contributed by atoms with Gasteiger partial charge in [0, 0.05) is 35.9 Å². The van der Waals surface area contributed by atoms with Gasteiger partial charge in [0.05, 0.1) is 16.8 Å². The molecule has 0 aliphatic heterocycles. The number of hydrogen-bond donors (Lipinski definition) is 3. The topological polar surface area (TPSA) is 114 Å². The molecule has 0 atom stereocenters. The number of amides is 3. The van der Waals surface area contributed by atoms with E-state index in [1.807, 2.05) is 36.4 Å². The van der Waals surface area contributed by atoms with Crippen molar-refractivity contribution < 1.29 is 23.2 Å². The predicted molar refractivity (Wildman–Crippen MR) is 158 cm³/mol. The number of nitrogens with one attached hydrogen (secondary N) is 2. The molecule has 0 saturated heterocycles. The minimum Gasteiger partial charge on any atom is -0.460 e. The van der Waals surface area contributed by atoms with E-state index >= 15 is 0 Å². The number of benzene rings is 4. The van der Waals surface area contributed by atoms with Crippen molar-refractivity contribution in [1.29, 1.82) is 0 Å². The Morgan fingerprint density at radius 3 is 2.33 bits per heavy atom. The third-order valence-corrected chi connectivity index (χ3v) is 7.60. The Balaban J connectivity index is 1.40. The minimum atomic E-state index is -0.673. The van der Waals surface area contributed by atoms with Crippen LogP contribution in [-0.4, -0.2) is 17.7 Å². The number of primary amides is 1. The lowest BCUT2D eigenvalue weighted by molar-refractivity contribution is -0.114. The number of halogens is 1. The lowest BCUT2D eigenvalue weighted by atomic mass is 9.97. The predicted octanol–water partition coefficient (Wildman–Crippen LogP) is 6.31. The SMILES string of the molecule is CC(=O)Nc1cc2oc(Cc3ccc(F)cc3)c(C(N)=O)c2cc1-c1cccc(C(=O)NC2(c3ccccc3)CC2)c1. The molecular formula is C34H28FN3O4. The van der Waals surface area contributed by atoms with Crippen LogP contribution in [0.3, 0.4) is 0 Å². The van der Waals surface area contributed by atoms with Crippen LogP contribution in [0.2, 0.25) is 0 Å². The summed E-state index contributed by atoms with van der Waals surface area (Å²) in [5, 5.41) is 6.51. The largest absolute Gasteiger partial charge is 0.460 e. The molecule has 0 unspecified atom stereocenters. The van der Waals surface area contributed by atoms with Gasteiger partial charge in [-0.1, -0.05) is 54.6 Å². The van der Waals surface area contributed by atoms with Crippen molar-refractivity contribution in [3.63, 3.8) is 0 Å². The van der Waals surface area contributed by atoms with Gasteiger partial charge in [-0.15, -0.1) is 0 Å². The van der Waals surface area contributed by atoms with E-state index in [1.54, 1.807) is 42.5 Å². The molecule has 0 bridgehead atoms. The zero-order chi connectivity index (χ0) is 29.4. The van der Waals surface area contributed by atoms with Crippen LogP contribution in [0.5, 0.6) is 0 Å². The van der Waals surface area contributed by atoms with E-state index in [1.165, 1.54) is 19.1 Å². The lowest BCUT2D eigenvalue weighted by Gasteiger charge is -2.18. The van der Waals surface area contributed by atoms with Gasteiger partial charge < -0.3 is 20.8 Å². The molecular weight excluding hydrogens is 533 g/mol. The summed E-state index contributed by atoms with van der Waals surface area (Å²) in [4.78, 5) is 38.2. The van der Waals surface area contributed by atoms with Crippen LogP contribution < -0.4 is 16.4 Å². The maximum atomic E-state index is 13.4. The molecule has 1 aliphatic rings. The molecule has 0 radical (unpaired) electrons. The molecule has 1 aliphatic carbocycles. The summed E-state index contributed by atoms with van der Waals surface area (Å²) >= 11 is 0. The number of fused-ring (bicyclic) bond motifs is 1. The Kier molecular flexibility index (Phi) is 6.82. The fraction of sp³-hybridized carbons (Fsp3) is 0.147. The second-order valence-corrected chi connectivity index (χ2v) is 10.6. The van der Waals surface area contributed by atoms with E-state index in [9.17, 15) is 18.8 Å². The lowest BCUT2D eigenvalue weighted by Crippen LogP contribution is -2.34. The molecule has 4 aromatic carbocycles. The molecule has 1 fully saturated rings. The quantitative estimate of drug-likeness (QED) is 0.206. The van der Waals surface area contributed by atoms with E-state index in [0.717, 1.165) is 24.0 Å². The second kappa shape index (κ2) is 10.6. The first-order valence-corrected chi connectivity index (χ1v) is 13.6. The molecule has 1 heterocycles. The number of nitrogens with two attached hydrogens (primary N) is 1. The molecule has 1 saturated carbocycles. The van der Waals surface area contributed by atoms with Gasteiger partial charge in [-0.3, -0.25) is 14.4 Å². The maximum absolute atomic E-state index is 13.4. The average molecular weight is 562 g/mol. The summed E-state index contributed by atoms with van der Waals surface area (Å²) in [5.74, 6) is -1.21. The number of hydrogen-bond acceptors (Lipinski definition) is 4.